The number of hydrogen-bond donors (Lipinski definition) is 0. The molecule has 0 bridgehead atoms. The van der Waals surface area contributed by atoms with Gasteiger partial charge in [-0.3, -0.25) is 0 Å². The normalized spacial score (nSPS) is 12.9. The summed E-state index contributed by atoms with van der Waals surface area (Å²) in [6, 6.07) is 0. The van der Waals surface area contributed by atoms with Gasteiger partial charge in [-0.1, -0.05) is 123 Å². The molecule has 156 valence electrons. The maximum absolute atomic E-state index is 3.36. The molecule has 0 aliphatic heterocycles. The van der Waals surface area contributed by atoms with Gasteiger partial charge in [-0.2, -0.15) is 0 Å². The third-order valence-corrected chi connectivity index (χ3v) is 4.40. The van der Waals surface area contributed by atoms with E-state index in [4.69, 9.17) is 0 Å². The third kappa shape index (κ3) is 34.5. The highest BCUT2D eigenvalue weighted by Gasteiger charge is 1.97. The molecule has 0 aliphatic carbocycles. The van der Waals surface area contributed by atoms with Gasteiger partial charge in [-0.15, -0.1) is 6.58 Å². The van der Waals surface area contributed by atoms with E-state index in [-0.39, 0.29) is 0 Å². The van der Waals surface area contributed by atoms with E-state index in [2.05, 4.69) is 72.4 Å². The van der Waals surface area contributed by atoms with Crippen molar-refractivity contribution in [1.29, 1.82) is 0 Å². The van der Waals surface area contributed by atoms with E-state index in [1.54, 1.807) is 6.08 Å². The van der Waals surface area contributed by atoms with E-state index in [1.165, 1.54) is 70.6 Å². The van der Waals surface area contributed by atoms with E-state index < -0.39 is 0 Å². The molecule has 0 aliphatic rings. The lowest BCUT2D eigenvalue weighted by atomic mass is 10.00. The van der Waals surface area contributed by atoms with Crippen LogP contribution in [-0.4, -0.2) is 0 Å². The Bertz CT molecular complexity index is 284. The van der Waals surface area contributed by atoms with Gasteiger partial charge >= 0.3 is 0 Å². The quantitative estimate of drug-likeness (QED) is 0.225. The monoisotopic (exact) mass is 364 g/mol. The Morgan fingerprint density at radius 2 is 1.38 bits per heavy atom. The first-order valence-corrected chi connectivity index (χ1v) is 11.4. The summed E-state index contributed by atoms with van der Waals surface area (Å²) in [7, 11) is 0. The van der Waals surface area contributed by atoms with E-state index in [0.29, 0.717) is 5.92 Å². The number of unbranched alkanes of at least 4 members (excludes halogenated alkanes) is 6. The second-order valence-corrected chi connectivity index (χ2v) is 7.48. The van der Waals surface area contributed by atoms with Crippen LogP contribution in [0.1, 0.15) is 119 Å². The lowest BCUT2D eigenvalue weighted by molar-refractivity contribution is 0.472. The zero-order valence-electron chi connectivity index (χ0n) is 19.5. The molecule has 0 aromatic rings. The number of hydrogen-bond acceptors (Lipinski definition) is 0. The second kappa shape index (κ2) is 29.0. The summed E-state index contributed by atoms with van der Waals surface area (Å²) in [5.74, 6) is 1.66. The smallest absolute Gasteiger partial charge is 0.0227 e. The highest BCUT2D eigenvalue weighted by atomic mass is 14.0. The first-order chi connectivity index (χ1) is 12.5. The minimum atomic E-state index is 0.702. The molecule has 0 fully saturated rings. The topological polar surface area (TPSA) is 0 Å². The lowest BCUT2D eigenvalue weighted by Gasteiger charge is -2.06. The Balaban J connectivity index is -0.000000354. The van der Waals surface area contributed by atoms with Crippen LogP contribution in [0.2, 0.25) is 0 Å². The molecule has 0 saturated carbocycles. The van der Waals surface area contributed by atoms with E-state index in [0.717, 1.165) is 5.92 Å². The first kappa shape index (κ1) is 30.0. The summed E-state index contributed by atoms with van der Waals surface area (Å²) in [5, 5.41) is 0. The van der Waals surface area contributed by atoms with Crippen LogP contribution in [0.4, 0.5) is 0 Å². The highest BCUT2D eigenvalue weighted by Crippen LogP contribution is 2.13. The summed E-state index contributed by atoms with van der Waals surface area (Å²) in [6.07, 6.45) is 25.8. The van der Waals surface area contributed by atoms with Crippen molar-refractivity contribution in [1.82, 2.24) is 0 Å². The van der Waals surface area contributed by atoms with E-state index in [1.807, 2.05) is 6.92 Å². The van der Waals surface area contributed by atoms with Crippen molar-refractivity contribution in [3.63, 3.8) is 0 Å². The average molecular weight is 365 g/mol. The molecule has 0 rings (SSSR count). The molecule has 0 radical (unpaired) electrons. The van der Waals surface area contributed by atoms with Gasteiger partial charge in [0.25, 0.3) is 0 Å². The molecular weight excluding hydrogens is 312 g/mol. The SMILES string of the molecule is C/C=C/C(C)C/C=C\CCC.C=CC.CCCCCCCCC(C)CC. The molecule has 26 heavy (non-hydrogen) atoms. The standard InChI is InChI=1S/C12H26.C11H20.C3H6/c1-4-6-7-8-9-10-11-12(3)5-2;1-4-6-7-8-10-11(3)9-5-2;1-3-2/h12H,4-11H2,1-3H3;5,7-9,11H,4,6,10H2,1-3H3;3H,1H2,2H3/b;8-7-,9-5+;. The zero-order valence-corrected chi connectivity index (χ0v) is 19.5. The van der Waals surface area contributed by atoms with Crippen molar-refractivity contribution < 1.29 is 0 Å². The van der Waals surface area contributed by atoms with Crippen molar-refractivity contribution in [3.8, 4) is 0 Å². The Morgan fingerprint density at radius 3 is 1.88 bits per heavy atom. The largest absolute Gasteiger partial charge is 0.103 e. The van der Waals surface area contributed by atoms with Crippen LogP contribution >= 0.6 is 0 Å². The molecule has 0 aromatic heterocycles. The fourth-order valence-corrected chi connectivity index (χ4v) is 2.48. The van der Waals surface area contributed by atoms with Crippen molar-refractivity contribution in [2.45, 2.75) is 119 Å². The lowest BCUT2D eigenvalue weighted by Crippen LogP contribution is -1.91. The maximum atomic E-state index is 3.36. The maximum Gasteiger partial charge on any atom is -0.0227 e. The molecule has 0 heterocycles. The molecule has 0 nitrogen and oxygen atoms in total. The first-order valence-electron chi connectivity index (χ1n) is 11.4. The molecule has 0 saturated heterocycles. The van der Waals surface area contributed by atoms with Crippen LogP contribution in [-0.2, 0) is 0 Å². The molecular formula is C26H52. The van der Waals surface area contributed by atoms with Crippen LogP contribution < -0.4 is 0 Å². The fourth-order valence-electron chi connectivity index (χ4n) is 2.48. The van der Waals surface area contributed by atoms with Gasteiger partial charge in [0.15, 0.2) is 0 Å². The Kier molecular flexibility index (Phi) is 33.4. The molecule has 0 aromatic carbocycles. The van der Waals surface area contributed by atoms with Crippen LogP contribution in [0.5, 0.6) is 0 Å². The molecule has 0 N–H and O–H groups in total. The van der Waals surface area contributed by atoms with E-state index in [9.17, 15) is 0 Å². The van der Waals surface area contributed by atoms with Gasteiger partial charge in [0, 0.05) is 0 Å². The Hall–Kier alpha value is -0.780. The minimum Gasteiger partial charge on any atom is -0.103 e. The van der Waals surface area contributed by atoms with E-state index >= 15 is 0 Å². The second-order valence-electron chi connectivity index (χ2n) is 7.48. The van der Waals surface area contributed by atoms with Crippen LogP contribution in [0.3, 0.4) is 0 Å². The van der Waals surface area contributed by atoms with Gasteiger partial charge in [-0.25, -0.2) is 0 Å². The van der Waals surface area contributed by atoms with Gasteiger partial charge in [0.05, 0.1) is 0 Å². The summed E-state index contributed by atoms with van der Waals surface area (Å²) in [6.45, 7) is 18.7. The van der Waals surface area contributed by atoms with Gasteiger partial charge in [0.1, 0.15) is 0 Å². The van der Waals surface area contributed by atoms with Gasteiger partial charge in [0.2, 0.25) is 0 Å². The predicted octanol–water partition coefficient (Wildman–Crippen LogP) is 9.92. The average Bonchev–Trinajstić information content (AvgIpc) is 2.63. The predicted molar refractivity (Wildman–Crippen MR) is 126 cm³/mol. The zero-order chi connectivity index (χ0) is 20.5. The molecule has 0 spiro atoms. The summed E-state index contributed by atoms with van der Waals surface area (Å²) < 4.78 is 0. The van der Waals surface area contributed by atoms with Crippen LogP contribution in [0.15, 0.2) is 37.0 Å². The summed E-state index contributed by atoms with van der Waals surface area (Å²) in [5.41, 5.74) is 0. The van der Waals surface area contributed by atoms with Crippen LogP contribution in [0, 0.1) is 11.8 Å². The summed E-state index contributed by atoms with van der Waals surface area (Å²) in [4.78, 5) is 0. The molecule has 2 atom stereocenters. The van der Waals surface area contributed by atoms with Crippen molar-refractivity contribution in [2.75, 3.05) is 0 Å². The van der Waals surface area contributed by atoms with Gasteiger partial charge in [-0.05, 0) is 38.5 Å². The van der Waals surface area contributed by atoms with Crippen molar-refractivity contribution in [3.05, 3.63) is 37.0 Å². The fraction of sp³-hybridized carbons (Fsp3) is 0.769. The number of allylic oxidation sites excluding steroid dienone is 5. The van der Waals surface area contributed by atoms with Crippen LogP contribution in [0.25, 0.3) is 0 Å². The highest BCUT2D eigenvalue weighted by molar-refractivity contribution is 4.90. The molecule has 0 heteroatoms. The van der Waals surface area contributed by atoms with Crippen molar-refractivity contribution in [2.24, 2.45) is 11.8 Å². The third-order valence-electron chi connectivity index (χ3n) is 4.40. The number of rotatable bonds is 13. The summed E-state index contributed by atoms with van der Waals surface area (Å²) >= 11 is 0. The Labute approximate surface area is 168 Å². The molecule has 0 amide bonds. The van der Waals surface area contributed by atoms with Gasteiger partial charge < -0.3 is 0 Å². The minimum absolute atomic E-state index is 0.702. The molecule has 2 unspecified atom stereocenters. The Morgan fingerprint density at radius 1 is 0.808 bits per heavy atom. The van der Waals surface area contributed by atoms with Crippen molar-refractivity contribution >= 4 is 0 Å².